The van der Waals surface area contributed by atoms with Gasteiger partial charge in [-0.1, -0.05) is 49.4 Å². The Kier molecular flexibility index (Phi) is 3.03. The van der Waals surface area contributed by atoms with E-state index in [-0.39, 0.29) is 11.3 Å². The zero-order chi connectivity index (χ0) is 14.1. The van der Waals surface area contributed by atoms with Crippen molar-refractivity contribution < 1.29 is 5.11 Å². The van der Waals surface area contributed by atoms with Gasteiger partial charge in [0.15, 0.2) is 0 Å². The molecular formula is C17H15NO2. The number of rotatable bonds is 2. The van der Waals surface area contributed by atoms with Crippen molar-refractivity contribution in [2.75, 3.05) is 0 Å². The highest BCUT2D eigenvalue weighted by Gasteiger charge is 2.15. The van der Waals surface area contributed by atoms with E-state index in [1.54, 1.807) is 0 Å². The van der Waals surface area contributed by atoms with Crippen LogP contribution in [-0.2, 0) is 6.42 Å². The topological polar surface area (TPSA) is 53.1 Å². The standard InChI is InChI=1S/C17H15NO2/c1-2-11-9-6-10-13-14(11)16(19)15(17(20)18-13)12-7-4-3-5-8-12/h3-10H,2H2,1H3,(H2,18,19,20). The van der Waals surface area contributed by atoms with Crippen molar-refractivity contribution in [3.05, 3.63) is 64.4 Å². The van der Waals surface area contributed by atoms with E-state index in [0.29, 0.717) is 11.1 Å². The number of pyridine rings is 1. The molecule has 0 unspecified atom stereocenters. The number of aromatic hydroxyl groups is 1. The zero-order valence-electron chi connectivity index (χ0n) is 11.2. The largest absolute Gasteiger partial charge is 0.506 e. The van der Waals surface area contributed by atoms with Crippen LogP contribution < -0.4 is 5.56 Å². The first-order valence-corrected chi connectivity index (χ1v) is 6.64. The van der Waals surface area contributed by atoms with Crippen molar-refractivity contribution in [1.82, 2.24) is 4.98 Å². The Hall–Kier alpha value is -2.55. The fourth-order valence-corrected chi connectivity index (χ4v) is 2.57. The molecule has 0 amide bonds. The summed E-state index contributed by atoms with van der Waals surface area (Å²) in [5, 5.41) is 11.3. The monoisotopic (exact) mass is 265 g/mol. The molecule has 0 aliphatic rings. The van der Waals surface area contributed by atoms with Gasteiger partial charge in [-0.25, -0.2) is 0 Å². The van der Waals surface area contributed by atoms with Crippen molar-refractivity contribution in [2.45, 2.75) is 13.3 Å². The first kappa shape index (κ1) is 12.5. The fourth-order valence-electron chi connectivity index (χ4n) is 2.57. The molecule has 1 heterocycles. The Bertz CT molecular complexity index is 820. The van der Waals surface area contributed by atoms with Crippen molar-refractivity contribution >= 4 is 10.9 Å². The second-order valence-corrected chi connectivity index (χ2v) is 4.74. The third kappa shape index (κ3) is 1.88. The van der Waals surface area contributed by atoms with Gasteiger partial charge in [0.25, 0.3) is 5.56 Å². The van der Waals surface area contributed by atoms with Crippen LogP contribution in [0.1, 0.15) is 12.5 Å². The minimum absolute atomic E-state index is 0.0624. The van der Waals surface area contributed by atoms with E-state index in [0.717, 1.165) is 22.9 Å². The summed E-state index contributed by atoms with van der Waals surface area (Å²) in [6, 6.07) is 14.9. The summed E-state index contributed by atoms with van der Waals surface area (Å²) in [6.07, 6.45) is 0.797. The minimum atomic E-state index is -0.269. The van der Waals surface area contributed by atoms with Crippen LogP contribution in [0.4, 0.5) is 0 Å². The van der Waals surface area contributed by atoms with Gasteiger partial charge in [-0.2, -0.15) is 0 Å². The van der Waals surface area contributed by atoms with Crippen LogP contribution >= 0.6 is 0 Å². The molecular weight excluding hydrogens is 250 g/mol. The first-order valence-electron chi connectivity index (χ1n) is 6.64. The van der Waals surface area contributed by atoms with Crippen molar-refractivity contribution in [2.24, 2.45) is 0 Å². The Morgan fingerprint density at radius 2 is 1.80 bits per heavy atom. The summed E-state index contributed by atoms with van der Waals surface area (Å²) >= 11 is 0. The lowest BCUT2D eigenvalue weighted by Gasteiger charge is -2.10. The Labute approximate surface area is 116 Å². The number of H-pyrrole nitrogens is 1. The molecule has 3 rings (SSSR count). The van der Waals surface area contributed by atoms with Gasteiger partial charge in [0, 0.05) is 5.39 Å². The highest BCUT2D eigenvalue weighted by molar-refractivity contribution is 5.94. The molecule has 0 saturated carbocycles. The van der Waals surface area contributed by atoms with Crippen LogP contribution in [0.5, 0.6) is 5.75 Å². The lowest BCUT2D eigenvalue weighted by molar-refractivity contribution is 0.482. The van der Waals surface area contributed by atoms with E-state index in [4.69, 9.17) is 0 Å². The van der Waals surface area contributed by atoms with E-state index >= 15 is 0 Å². The van der Waals surface area contributed by atoms with E-state index in [9.17, 15) is 9.90 Å². The van der Waals surface area contributed by atoms with Crippen LogP contribution in [0.2, 0.25) is 0 Å². The number of aromatic amines is 1. The molecule has 3 aromatic rings. The maximum absolute atomic E-state index is 12.2. The number of aromatic nitrogens is 1. The summed E-state index contributed by atoms with van der Waals surface area (Å²) in [7, 11) is 0. The van der Waals surface area contributed by atoms with Gasteiger partial charge in [-0.15, -0.1) is 0 Å². The van der Waals surface area contributed by atoms with Gasteiger partial charge in [-0.3, -0.25) is 4.79 Å². The molecule has 0 radical (unpaired) electrons. The molecule has 3 heteroatoms. The molecule has 0 atom stereocenters. The Morgan fingerprint density at radius 3 is 2.50 bits per heavy atom. The number of hydrogen-bond donors (Lipinski definition) is 2. The molecule has 0 saturated heterocycles. The Morgan fingerprint density at radius 1 is 1.05 bits per heavy atom. The quantitative estimate of drug-likeness (QED) is 0.745. The number of fused-ring (bicyclic) bond motifs is 1. The van der Waals surface area contributed by atoms with Crippen molar-refractivity contribution in [1.29, 1.82) is 0 Å². The fraction of sp³-hybridized carbons (Fsp3) is 0.118. The second-order valence-electron chi connectivity index (χ2n) is 4.74. The Balaban J connectivity index is 2.43. The summed E-state index contributed by atoms with van der Waals surface area (Å²) in [4.78, 5) is 15.1. The highest BCUT2D eigenvalue weighted by Crippen LogP contribution is 2.33. The number of nitrogens with one attached hydrogen (secondary N) is 1. The lowest BCUT2D eigenvalue weighted by atomic mass is 9.99. The molecule has 0 aliphatic heterocycles. The summed E-state index contributed by atoms with van der Waals surface area (Å²) < 4.78 is 0. The minimum Gasteiger partial charge on any atom is -0.506 e. The normalized spacial score (nSPS) is 10.8. The molecule has 1 aromatic heterocycles. The number of benzene rings is 2. The molecule has 2 aromatic carbocycles. The lowest BCUT2D eigenvalue weighted by Crippen LogP contribution is -2.09. The molecule has 2 N–H and O–H groups in total. The van der Waals surface area contributed by atoms with Gasteiger partial charge in [0.1, 0.15) is 5.75 Å². The number of aryl methyl sites for hydroxylation is 1. The maximum atomic E-state index is 12.2. The smallest absolute Gasteiger partial charge is 0.260 e. The highest BCUT2D eigenvalue weighted by atomic mass is 16.3. The van der Waals surface area contributed by atoms with E-state index in [1.165, 1.54) is 0 Å². The molecule has 20 heavy (non-hydrogen) atoms. The number of hydrogen-bond acceptors (Lipinski definition) is 2. The first-order chi connectivity index (χ1) is 9.72. The van der Waals surface area contributed by atoms with Crippen LogP contribution in [0.15, 0.2) is 53.3 Å². The summed E-state index contributed by atoms with van der Waals surface area (Å²) in [5.74, 6) is 0.0624. The van der Waals surface area contributed by atoms with Crippen LogP contribution in [0.25, 0.3) is 22.0 Å². The second kappa shape index (κ2) is 4.85. The van der Waals surface area contributed by atoms with Gasteiger partial charge in [0.05, 0.1) is 11.1 Å². The van der Waals surface area contributed by atoms with Gasteiger partial charge in [-0.05, 0) is 23.6 Å². The van der Waals surface area contributed by atoms with Crippen molar-refractivity contribution in [3.63, 3.8) is 0 Å². The average molecular weight is 265 g/mol. The predicted molar refractivity (Wildman–Crippen MR) is 81.0 cm³/mol. The average Bonchev–Trinajstić information content (AvgIpc) is 2.47. The van der Waals surface area contributed by atoms with E-state index < -0.39 is 0 Å². The predicted octanol–water partition coefficient (Wildman–Crippen LogP) is 3.46. The molecule has 100 valence electrons. The van der Waals surface area contributed by atoms with Crippen LogP contribution in [0, 0.1) is 0 Å². The van der Waals surface area contributed by atoms with Gasteiger partial charge >= 0.3 is 0 Å². The third-order valence-electron chi connectivity index (χ3n) is 3.54. The third-order valence-corrected chi connectivity index (χ3v) is 3.54. The SMILES string of the molecule is CCc1cccc2[nH]c(=O)c(-c3ccccc3)c(O)c12. The molecule has 0 bridgehead atoms. The van der Waals surface area contributed by atoms with Crippen LogP contribution in [0.3, 0.4) is 0 Å². The van der Waals surface area contributed by atoms with E-state index in [1.807, 2.05) is 55.5 Å². The molecule has 0 aliphatic carbocycles. The molecule has 0 fully saturated rings. The van der Waals surface area contributed by atoms with Crippen molar-refractivity contribution in [3.8, 4) is 16.9 Å². The molecule has 3 nitrogen and oxygen atoms in total. The summed E-state index contributed by atoms with van der Waals surface area (Å²) in [6.45, 7) is 2.03. The zero-order valence-corrected chi connectivity index (χ0v) is 11.2. The van der Waals surface area contributed by atoms with Gasteiger partial charge < -0.3 is 10.1 Å². The van der Waals surface area contributed by atoms with E-state index in [2.05, 4.69) is 4.98 Å². The summed E-state index contributed by atoms with van der Waals surface area (Å²) in [5.41, 5.74) is 2.48. The van der Waals surface area contributed by atoms with Crippen LogP contribution in [-0.4, -0.2) is 10.1 Å². The molecule has 0 spiro atoms. The van der Waals surface area contributed by atoms with Gasteiger partial charge in [0.2, 0.25) is 0 Å². The maximum Gasteiger partial charge on any atom is 0.260 e.